The molecule has 0 radical (unpaired) electrons. The molecule has 1 aliphatic heterocycles. The number of benzene rings is 3. The lowest BCUT2D eigenvalue weighted by Gasteiger charge is -2.33. The zero-order valence-electron chi connectivity index (χ0n) is 17.4. The Labute approximate surface area is 195 Å². The van der Waals surface area contributed by atoms with Gasteiger partial charge in [-0.05, 0) is 54.6 Å². The van der Waals surface area contributed by atoms with Crippen molar-refractivity contribution < 1.29 is 17.9 Å². The smallest absolute Gasteiger partial charge is 0.202 e. The Morgan fingerprint density at radius 3 is 2.48 bits per heavy atom. The summed E-state index contributed by atoms with van der Waals surface area (Å²) in [7, 11) is -3.47. The van der Waals surface area contributed by atoms with Gasteiger partial charge in [-0.1, -0.05) is 29.8 Å². The van der Waals surface area contributed by atoms with Crippen LogP contribution in [0.15, 0.2) is 88.9 Å². The fraction of sp³-hybridized carbons (Fsp3) is 0.0870. The third-order valence-electron chi connectivity index (χ3n) is 4.83. The monoisotopic (exact) mass is 486 g/mol. The third-order valence-corrected chi connectivity index (χ3v) is 6.29. The number of aromatic hydroxyl groups is 1. The number of phenols is 1. The lowest BCUT2D eigenvalue weighted by molar-refractivity contribution is 0.475. The minimum Gasteiger partial charge on any atom is -0.508 e. The van der Waals surface area contributed by atoms with Crippen LogP contribution < -0.4 is 15.5 Å². The van der Waals surface area contributed by atoms with Crippen LogP contribution in [0.5, 0.6) is 5.75 Å². The summed E-state index contributed by atoms with van der Waals surface area (Å²) in [5, 5.41) is 16.0. The molecule has 1 aliphatic rings. The maximum Gasteiger partial charge on any atom is 0.202 e. The summed E-state index contributed by atoms with van der Waals surface area (Å²) in [4.78, 5) is 6.26. The van der Waals surface area contributed by atoms with E-state index in [1.165, 1.54) is 35.2 Å². The van der Waals surface area contributed by atoms with E-state index in [9.17, 15) is 17.9 Å². The predicted molar refractivity (Wildman–Crippen MR) is 129 cm³/mol. The highest BCUT2D eigenvalue weighted by Crippen LogP contribution is 2.33. The Morgan fingerprint density at radius 1 is 1.06 bits per heavy atom. The molecule has 0 saturated heterocycles. The van der Waals surface area contributed by atoms with Crippen LogP contribution in [0.3, 0.4) is 0 Å². The van der Waals surface area contributed by atoms with Gasteiger partial charge in [0, 0.05) is 18.1 Å². The van der Waals surface area contributed by atoms with E-state index in [4.69, 9.17) is 11.6 Å². The molecule has 0 aromatic heterocycles. The normalized spacial score (nSPS) is 15.8. The number of nitrogens with one attached hydrogen (secondary N) is 2. The number of hydrogen-bond donors (Lipinski definition) is 3. The molecule has 10 heteroatoms. The lowest BCUT2D eigenvalue weighted by atomic mass is 10.2. The summed E-state index contributed by atoms with van der Waals surface area (Å²) in [5.74, 6) is -0.0777. The van der Waals surface area contributed by atoms with Crippen LogP contribution in [0.4, 0.5) is 21.5 Å². The van der Waals surface area contributed by atoms with Crippen LogP contribution in [-0.4, -0.2) is 31.9 Å². The maximum atomic E-state index is 14.7. The average molecular weight is 487 g/mol. The molecule has 170 valence electrons. The first kappa shape index (κ1) is 22.6. The highest BCUT2D eigenvalue weighted by molar-refractivity contribution is 7.90. The lowest BCUT2D eigenvalue weighted by Crippen LogP contribution is -2.40. The van der Waals surface area contributed by atoms with Crippen molar-refractivity contribution >= 4 is 44.3 Å². The van der Waals surface area contributed by atoms with Gasteiger partial charge in [-0.3, -0.25) is 0 Å². The molecule has 0 bridgehead atoms. The van der Waals surface area contributed by atoms with Gasteiger partial charge in [0.05, 0.1) is 21.3 Å². The summed E-state index contributed by atoms with van der Waals surface area (Å²) >= 11 is 6.28. The van der Waals surface area contributed by atoms with Crippen molar-refractivity contribution in [2.45, 2.75) is 11.2 Å². The molecule has 0 aliphatic carbocycles. The highest BCUT2D eigenvalue weighted by atomic mass is 35.5. The minimum absolute atomic E-state index is 0.0985. The van der Waals surface area contributed by atoms with E-state index >= 15 is 0 Å². The van der Waals surface area contributed by atoms with E-state index in [0.717, 1.165) is 6.26 Å². The van der Waals surface area contributed by atoms with Crippen molar-refractivity contribution in [2.75, 3.05) is 21.8 Å². The Morgan fingerprint density at radius 2 is 1.79 bits per heavy atom. The van der Waals surface area contributed by atoms with E-state index in [0.29, 0.717) is 17.2 Å². The average Bonchev–Trinajstić information content (AvgIpc) is 2.76. The van der Waals surface area contributed by atoms with Crippen LogP contribution >= 0.6 is 11.6 Å². The van der Waals surface area contributed by atoms with Gasteiger partial charge in [0.2, 0.25) is 6.29 Å². The van der Waals surface area contributed by atoms with Gasteiger partial charge in [0.25, 0.3) is 0 Å². The van der Waals surface area contributed by atoms with Crippen LogP contribution in [0.2, 0.25) is 5.02 Å². The molecule has 3 N–H and O–H groups in total. The summed E-state index contributed by atoms with van der Waals surface area (Å²) in [5.41, 5.74) is 1.11. The maximum absolute atomic E-state index is 14.7. The fourth-order valence-electron chi connectivity index (χ4n) is 3.32. The van der Waals surface area contributed by atoms with Crippen molar-refractivity contribution in [3.8, 4) is 5.75 Å². The Bertz CT molecular complexity index is 1320. The molecule has 3 aromatic carbocycles. The summed E-state index contributed by atoms with van der Waals surface area (Å²) in [6.45, 7) is 0. The van der Waals surface area contributed by atoms with Crippen molar-refractivity contribution in [2.24, 2.45) is 4.99 Å². The number of sulfone groups is 1. The van der Waals surface area contributed by atoms with Crippen molar-refractivity contribution in [1.82, 2.24) is 0 Å². The molecule has 1 unspecified atom stereocenters. The summed E-state index contributed by atoms with van der Waals surface area (Å²) in [6, 6.07) is 17.2. The fourth-order valence-corrected chi connectivity index (χ4v) is 4.42. The molecular formula is C23H20ClFN4O3S. The van der Waals surface area contributed by atoms with Gasteiger partial charge >= 0.3 is 0 Å². The number of anilines is 3. The molecule has 33 heavy (non-hydrogen) atoms. The van der Waals surface area contributed by atoms with E-state index in [-0.39, 0.29) is 21.4 Å². The van der Waals surface area contributed by atoms with Gasteiger partial charge < -0.3 is 20.6 Å². The number of para-hydroxylation sites is 2. The second-order valence-electron chi connectivity index (χ2n) is 7.27. The molecular weight excluding hydrogens is 467 g/mol. The van der Waals surface area contributed by atoms with Crippen molar-refractivity contribution in [3.05, 3.63) is 89.8 Å². The zero-order chi connectivity index (χ0) is 23.6. The molecule has 0 amide bonds. The number of rotatable bonds is 5. The summed E-state index contributed by atoms with van der Waals surface area (Å²) in [6.07, 6.45) is 3.49. The van der Waals surface area contributed by atoms with Gasteiger partial charge in [-0.15, -0.1) is 0 Å². The third kappa shape index (κ3) is 5.10. The predicted octanol–water partition coefficient (Wildman–Crippen LogP) is 4.83. The minimum atomic E-state index is -3.47. The molecule has 0 spiro atoms. The number of nitrogens with zero attached hydrogens (tertiary/aromatic N) is 2. The first-order valence-electron chi connectivity index (χ1n) is 9.82. The van der Waals surface area contributed by atoms with Crippen LogP contribution in [-0.2, 0) is 9.84 Å². The topological polar surface area (TPSA) is 94.0 Å². The quantitative estimate of drug-likeness (QED) is 0.447. The van der Waals surface area contributed by atoms with Gasteiger partial charge in [-0.25, -0.2) is 17.8 Å². The molecule has 1 atom stereocenters. The highest BCUT2D eigenvalue weighted by Gasteiger charge is 2.25. The Kier molecular flexibility index (Phi) is 6.26. The number of hydrogen-bond acceptors (Lipinski definition) is 7. The second kappa shape index (κ2) is 9.13. The van der Waals surface area contributed by atoms with E-state index in [1.807, 2.05) is 0 Å². The molecule has 3 aromatic rings. The van der Waals surface area contributed by atoms with Crippen LogP contribution in [0.25, 0.3) is 0 Å². The molecule has 0 fully saturated rings. The Balaban J connectivity index is 1.71. The van der Waals surface area contributed by atoms with Crippen LogP contribution in [0.1, 0.15) is 0 Å². The largest absolute Gasteiger partial charge is 0.508 e. The number of halogens is 2. The SMILES string of the molecule is CS(=O)(=O)c1ccccc1NC1=NC(Nc2ccc(O)cc2)N(c2c(F)cccc2Cl)C=C1. The van der Waals surface area contributed by atoms with E-state index in [1.54, 1.807) is 48.7 Å². The molecule has 1 heterocycles. The number of aliphatic imine (C=N–C) groups is 1. The van der Waals surface area contributed by atoms with Gasteiger partial charge in [-0.2, -0.15) is 0 Å². The summed E-state index contributed by atoms with van der Waals surface area (Å²) < 4.78 is 39.0. The molecule has 7 nitrogen and oxygen atoms in total. The standard InChI is InChI=1S/C23H20ClFN4O3S/c1-33(31,32)20-8-3-2-7-19(20)27-21-13-14-29(22-17(24)5-4-6-18(22)25)23(28-21)26-15-9-11-16(30)12-10-15/h2-14,23,26,30H,1H3,(H,27,28). The molecule has 4 rings (SSSR count). The number of amidine groups is 1. The van der Waals surface area contributed by atoms with Crippen molar-refractivity contribution in [1.29, 1.82) is 0 Å². The van der Waals surface area contributed by atoms with Crippen molar-refractivity contribution in [3.63, 3.8) is 0 Å². The molecule has 0 saturated carbocycles. The number of phenolic OH excluding ortho intramolecular Hbond substituents is 1. The Hall–Kier alpha value is -3.56. The van der Waals surface area contributed by atoms with Gasteiger partial charge in [0.15, 0.2) is 9.84 Å². The van der Waals surface area contributed by atoms with Gasteiger partial charge in [0.1, 0.15) is 17.4 Å². The van der Waals surface area contributed by atoms with E-state index in [2.05, 4.69) is 15.6 Å². The van der Waals surface area contributed by atoms with E-state index < -0.39 is 21.9 Å². The second-order valence-corrected chi connectivity index (χ2v) is 9.66. The first-order valence-corrected chi connectivity index (χ1v) is 12.1. The first-order chi connectivity index (χ1) is 15.7. The zero-order valence-corrected chi connectivity index (χ0v) is 19.0. The van der Waals surface area contributed by atoms with Crippen LogP contribution in [0, 0.1) is 5.82 Å².